The van der Waals surface area contributed by atoms with Gasteiger partial charge in [-0.3, -0.25) is 0 Å². The minimum atomic E-state index is 0.539. The predicted molar refractivity (Wildman–Crippen MR) is 149 cm³/mol. The largest absolute Gasteiger partial charge is 0.0654 e. The molecule has 0 heterocycles. The fraction of sp³-hybridized carbons (Fsp3) is 0.412. The van der Waals surface area contributed by atoms with Crippen molar-refractivity contribution in [2.75, 3.05) is 0 Å². The second-order valence-corrected chi connectivity index (χ2v) is 10.5. The van der Waals surface area contributed by atoms with E-state index in [-0.39, 0.29) is 0 Å². The fourth-order valence-corrected chi connectivity index (χ4v) is 5.59. The molecule has 0 radical (unpaired) electrons. The number of rotatable bonds is 10. The Labute approximate surface area is 208 Å². The maximum absolute atomic E-state index is 2.33. The molecule has 1 atom stereocenters. The third-order valence-corrected chi connectivity index (χ3v) is 7.84. The Bertz CT molecular complexity index is 986. The Morgan fingerprint density at radius 3 is 1.76 bits per heavy atom. The number of hydrogen-bond acceptors (Lipinski definition) is 0. The van der Waals surface area contributed by atoms with Crippen molar-refractivity contribution >= 4 is 12.2 Å². The Hall–Kier alpha value is -2.60. The van der Waals surface area contributed by atoms with Crippen LogP contribution in [0.2, 0.25) is 0 Å². The van der Waals surface area contributed by atoms with Gasteiger partial charge in [0.25, 0.3) is 0 Å². The van der Waals surface area contributed by atoms with Crippen LogP contribution in [0.25, 0.3) is 12.2 Å². The van der Waals surface area contributed by atoms with Crippen LogP contribution in [-0.4, -0.2) is 0 Å². The number of aryl methyl sites for hydroxylation is 1. The molecule has 178 valence electrons. The minimum Gasteiger partial charge on any atom is -0.0654 e. The first-order chi connectivity index (χ1) is 16.7. The van der Waals surface area contributed by atoms with Crippen molar-refractivity contribution in [2.24, 2.45) is 11.8 Å². The SMILES string of the molecule is CCCC1CCC(CCc2ccc(C=Cc3ccc(C[C@H](C)c4ccccc4)cc3)cc2)CC1. The Kier molecular flexibility index (Phi) is 9.19. The molecule has 0 spiro atoms. The van der Waals surface area contributed by atoms with E-state index >= 15 is 0 Å². The van der Waals surface area contributed by atoms with Gasteiger partial charge in [0, 0.05) is 0 Å². The van der Waals surface area contributed by atoms with Crippen molar-refractivity contribution in [3.05, 3.63) is 107 Å². The molecule has 3 aromatic carbocycles. The highest BCUT2D eigenvalue weighted by molar-refractivity contribution is 5.69. The van der Waals surface area contributed by atoms with E-state index in [0.717, 1.165) is 18.3 Å². The summed E-state index contributed by atoms with van der Waals surface area (Å²) in [6.45, 7) is 4.64. The lowest BCUT2D eigenvalue weighted by Crippen LogP contribution is -2.15. The first-order valence-corrected chi connectivity index (χ1v) is 13.6. The van der Waals surface area contributed by atoms with Gasteiger partial charge < -0.3 is 0 Å². The van der Waals surface area contributed by atoms with Gasteiger partial charge in [0.2, 0.25) is 0 Å². The van der Waals surface area contributed by atoms with E-state index in [9.17, 15) is 0 Å². The van der Waals surface area contributed by atoms with Gasteiger partial charge in [-0.25, -0.2) is 0 Å². The first kappa shape index (κ1) is 24.5. The van der Waals surface area contributed by atoms with Gasteiger partial charge in [-0.1, -0.05) is 143 Å². The zero-order valence-corrected chi connectivity index (χ0v) is 21.3. The topological polar surface area (TPSA) is 0 Å². The van der Waals surface area contributed by atoms with Gasteiger partial charge in [0.1, 0.15) is 0 Å². The summed E-state index contributed by atoms with van der Waals surface area (Å²) in [5, 5.41) is 0. The van der Waals surface area contributed by atoms with Crippen molar-refractivity contribution < 1.29 is 0 Å². The molecule has 1 aliphatic carbocycles. The highest BCUT2D eigenvalue weighted by atomic mass is 14.3. The lowest BCUT2D eigenvalue weighted by Gasteiger charge is -2.28. The molecular weight excluding hydrogens is 408 g/mol. The zero-order valence-electron chi connectivity index (χ0n) is 21.3. The van der Waals surface area contributed by atoms with Crippen LogP contribution in [0.15, 0.2) is 78.9 Å². The number of hydrogen-bond donors (Lipinski definition) is 0. The van der Waals surface area contributed by atoms with E-state index in [4.69, 9.17) is 0 Å². The second-order valence-electron chi connectivity index (χ2n) is 10.5. The van der Waals surface area contributed by atoms with E-state index in [1.807, 2.05) is 0 Å². The third-order valence-electron chi connectivity index (χ3n) is 7.84. The van der Waals surface area contributed by atoms with Crippen LogP contribution in [0.3, 0.4) is 0 Å². The summed E-state index contributed by atoms with van der Waals surface area (Å²) >= 11 is 0. The molecule has 1 aliphatic rings. The molecule has 0 aromatic heterocycles. The van der Waals surface area contributed by atoms with Gasteiger partial charge in [-0.2, -0.15) is 0 Å². The summed E-state index contributed by atoms with van der Waals surface area (Å²) in [6, 6.07) is 29.1. The molecule has 0 heteroatoms. The molecule has 0 N–H and O–H groups in total. The molecule has 0 unspecified atom stereocenters. The van der Waals surface area contributed by atoms with Crippen LogP contribution in [0, 0.1) is 11.8 Å². The first-order valence-electron chi connectivity index (χ1n) is 13.6. The molecule has 0 aliphatic heterocycles. The van der Waals surface area contributed by atoms with E-state index in [1.165, 1.54) is 79.2 Å². The van der Waals surface area contributed by atoms with Gasteiger partial charge >= 0.3 is 0 Å². The monoisotopic (exact) mass is 450 g/mol. The van der Waals surface area contributed by atoms with Crippen molar-refractivity contribution in [1.82, 2.24) is 0 Å². The fourth-order valence-electron chi connectivity index (χ4n) is 5.59. The predicted octanol–water partition coefficient (Wildman–Crippen LogP) is 9.74. The molecular formula is C34H42. The van der Waals surface area contributed by atoms with Crippen LogP contribution in [0.4, 0.5) is 0 Å². The quantitative estimate of drug-likeness (QED) is 0.270. The Morgan fingerprint density at radius 2 is 1.21 bits per heavy atom. The maximum Gasteiger partial charge on any atom is -0.0150 e. The van der Waals surface area contributed by atoms with E-state index in [2.05, 4.69) is 105 Å². The normalized spacial score (nSPS) is 19.4. The summed E-state index contributed by atoms with van der Waals surface area (Å²) in [6.07, 6.45) is 16.8. The maximum atomic E-state index is 2.33. The Balaban J connectivity index is 1.23. The van der Waals surface area contributed by atoms with Gasteiger partial charge in [0.15, 0.2) is 0 Å². The summed E-state index contributed by atoms with van der Waals surface area (Å²) < 4.78 is 0. The molecule has 1 saturated carbocycles. The highest BCUT2D eigenvalue weighted by Crippen LogP contribution is 2.33. The van der Waals surface area contributed by atoms with E-state index in [1.54, 1.807) is 0 Å². The van der Waals surface area contributed by atoms with Crippen molar-refractivity contribution in [3.63, 3.8) is 0 Å². The Morgan fingerprint density at radius 1 is 0.676 bits per heavy atom. The molecule has 3 aromatic rings. The molecule has 34 heavy (non-hydrogen) atoms. The van der Waals surface area contributed by atoms with Crippen molar-refractivity contribution in [2.45, 2.75) is 77.6 Å². The van der Waals surface area contributed by atoms with Gasteiger partial charge in [0.05, 0.1) is 0 Å². The van der Waals surface area contributed by atoms with Crippen LogP contribution in [0.1, 0.15) is 92.5 Å². The van der Waals surface area contributed by atoms with Gasteiger partial charge in [-0.15, -0.1) is 0 Å². The average Bonchev–Trinajstić information content (AvgIpc) is 2.89. The summed E-state index contributed by atoms with van der Waals surface area (Å²) in [4.78, 5) is 0. The minimum absolute atomic E-state index is 0.539. The third kappa shape index (κ3) is 7.45. The molecule has 4 rings (SSSR count). The average molecular weight is 451 g/mol. The number of benzene rings is 3. The second kappa shape index (κ2) is 12.7. The molecule has 0 nitrogen and oxygen atoms in total. The lowest BCUT2D eigenvalue weighted by molar-refractivity contribution is 0.252. The highest BCUT2D eigenvalue weighted by Gasteiger charge is 2.20. The summed E-state index contributed by atoms with van der Waals surface area (Å²) in [7, 11) is 0. The molecule has 0 amide bonds. The summed E-state index contributed by atoms with van der Waals surface area (Å²) in [5.74, 6) is 2.50. The summed E-state index contributed by atoms with van der Waals surface area (Å²) in [5.41, 5.74) is 6.85. The van der Waals surface area contributed by atoms with E-state index < -0.39 is 0 Å². The van der Waals surface area contributed by atoms with Crippen LogP contribution in [0.5, 0.6) is 0 Å². The standard InChI is InChI=1S/C34H42/c1-3-7-28-10-12-29(13-11-28)14-15-30-16-18-31(19-17-30)20-21-32-22-24-33(25-23-32)26-27(2)34-8-5-4-6-9-34/h4-6,8-9,16-25,27-29H,3,7,10-15,26H2,1-2H3/t27-,28?,29?/m0/s1. The van der Waals surface area contributed by atoms with Crippen molar-refractivity contribution in [3.8, 4) is 0 Å². The smallest absolute Gasteiger partial charge is 0.0150 e. The van der Waals surface area contributed by atoms with E-state index in [0.29, 0.717) is 5.92 Å². The lowest BCUT2D eigenvalue weighted by atomic mass is 9.78. The van der Waals surface area contributed by atoms with Crippen LogP contribution >= 0.6 is 0 Å². The van der Waals surface area contributed by atoms with Crippen LogP contribution < -0.4 is 0 Å². The van der Waals surface area contributed by atoms with Crippen LogP contribution in [-0.2, 0) is 12.8 Å². The zero-order chi connectivity index (χ0) is 23.6. The van der Waals surface area contributed by atoms with Gasteiger partial charge in [-0.05, 0) is 64.8 Å². The molecule has 0 bridgehead atoms. The molecule has 1 fully saturated rings. The van der Waals surface area contributed by atoms with Crippen molar-refractivity contribution in [1.29, 1.82) is 0 Å². The molecule has 0 saturated heterocycles.